The van der Waals surface area contributed by atoms with Crippen LogP contribution in [0.2, 0.25) is 0 Å². The molecule has 2 fully saturated rings. The van der Waals surface area contributed by atoms with E-state index in [-0.39, 0.29) is 29.4 Å². The number of hydrogen-bond donors (Lipinski definition) is 2. The molecule has 6 rings (SSSR count). The van der Waals surface area contributed by atoms with Gasteiger partial charge in [0.15, 0.2) is 0 Å². The minimum absolute atomic E-state index is 0.00300. The van der Waals surface area contributed by atoms with Crippen LogP contribution in [0.4, 0.5) is 4.39 Å². The normalized spacial score (nSPS) is 18.3. The summed E-state index contributed by atoms with van der Waals surface area (Å²) in [7, 11) is 4.12. The minimum Gasteiger partial charge on any atom is -0.438 e. The Morgan fingerprint density at radius 1 is 1.02 bits per heavy atom. The zero-order valence-electron chi connectivity index (χ0n) is 28.2. The van der Waals surface area contributed by atoms with Crippen LogP contribution in [-0.4, -0.2) is 84.1 Å². The highest BCUT2D eigenvalue weighted by molar-refractivity contribution is 7.09. The van der Waals surface area contributed by atoms with Gasteiger partial charge in [0, 0.05) is 43.6 Å². The fraction of sp³-hybridized carbons (Fsp3) is 0.405. The first-order valence-corrected chi connectivity index (χ1v) is 17.6. The molecule has 0 bridgehead atoms. The Kier molecular flexibility index (Phi) is 11.3. The summed E-state index contributed by atoms with van der Waals surface area (Å²) in [6, 6.07) is 15.3. The third-order valence-corrected chi connectivity index (χ3v) is 9.61. The summed E-state index contributed by atoms with van der Waals surface area (Å²) in [5.74, 6) is -0.728. The van der Waals surface area contributed by atoms with E-state index in [0.29, 0.717) is 37.1 Å². The van der Waals surface area contributed by atoms with Gasteiger partial charge in [-0.3, -0.25) is 14.5 Å². The van der Waals surface area contributed by atoms with E-state index >= 15 is 0 Å². The first-order valence-electron chi connectivity index (χ1n) is 16.7. The third kappa shape index (κ3) is 9.27. The maximum absolute atomic E-state index is 14.4. The number of amides is 2. The summed E-state index contributed by atoms with van der Waals surface area (Å²) in [6.45, 7) is 6.72. The van der Waals surface area contributed by atoms with E-state index in [0.717, 1.165) is 67.8 Å². The fourth-order valence-corrected chi connectivity index (χ4v) is 7.00. The van der Waals surface area contributed by atoms with Crippen molar-refractivity contribution >= 4 is 23.2 Å². The van der Waals surface area contributed by atoms with E-state index in [1.165, 1.54) is 22.5 Å². The van der Waals surface area contributed by atoms with Crippen LogP contribution in [-0.2, 0) is 17.8 Å². The number of pyridine rings is 1. The Hall–Kier alpha value is -4.23. The van der Waals surface area contributed by atoms with Crippen molar-refractivity contribution in [1.29, 1.82) is 0 Å². The zero-order valence-corrected chi connectivity index (χ0v) is 29.0. The summed E-state index contributed by atoms with van der Waals surface area (Å²) >= 11 is 1.44. The molecule has 1 aliphatic carbocycles. The smallest absolute Gasteiger partial charge is 0.270 e. The molecule has 2 N–H and O–H groups in total. The van der Waals surface area contributed by atoms with Crippen molar-refractivity contribution in [3.8, 4) is 22.8 Å². The number of nitrogens with one attached hydrogen (secondary N) is 2. The zero-order chi connectivity index (χ0) is 34.3. The molecule has 1 saturated heterocycles. The van der Waals surface area contributed by atoms with Gasteiger partial charge < -0.3 is 25.0 Å². The second kappa shape index (κ2) is 16.0. The predicted molar refractivity (Wildman–Crippen MR) is 187 cm³/mol. The number of ether oxygens (including phenoxy) is 2. The lowest BCUT2D eigenvalue weighted by atomic mass is 9.91. The lowest BCUT2D eigenvalue weighted by Crippen LogP contribution is -2.44. The predicted octanol–water partition coefficient (Wildman–Crippen LogP) is 5.81. The van der Waals surface area contributed by atoms with Crippen LogP contribution in [0.3, 0.4) is 0 Å². The molecule has 0 atom stereocenters. The third-order valence-electron chi connectivity index (χ3n) is 8.84. The number of benzene rings is 2. The molecule has 0 radical (unpaired) electrons. The molecule has 2 amide bonds. The lowest BCUT2D eigenvalue weighted by molar-refractivity contribution is 0.0342. The van der Waals surface area contributed by atoms with Crippen LogP contribution in [0.25, 0.3) is 11.1 Å². The monoisotopic (exact) mass is 686 g/mol. The van der Waals surface area contributed by atoms with Gasteiger partial charge in [0.05, 0.1) is 24.4 Å². The number of carbonyl (C=O) groups excluding carboxylic acids is 2. The molecule has 258 valence electrons. The number of aromatic nitrogens is 2. The number of morpholine rings is 1. The average Bonchev–Trinajstić information content (AvgIpc) is 3.53. The molecule has 12 heteroatoms. The quantitative estimate of drug-likeness (QED) is 0.204. The molecular weight excluding hydrogens is 644 g/mol. The maximum atomic E-state index is 14.4. The first kappa shape index (κ1) is 34.6. The first-order chi connectivity index (χ1) is 23.7. The van der Waals surface area contributed by atoms with E-state index in [4.69, 9.17) is 9.47 Å². The Labute approximate surface area is 290 Å². The van der Waals surface area contributed by atoms with E-state index in [9.17, 15) is 14.0 Å². The average molecular weight is 687 g/mol. The van der Waals surface area contributed by atoms with E-state index in [2.05, 4.69) is 62.7 Å². The second-order valence-electron chi connectivity index (χ2n) is 13.0. The lowest BCUT2D eigenvalue weighted by Gasteiger charge is -2.29. The highest BCUT2D eigenvalue weighted by Gasteiger charge is 2.26. The van der Waals surface area contributed by atoms with Gasteiger partial charge in [-0.05, 0) is 87.2 Å². The molecule has 3 heterocycles. The summed E-state index contributed by atoms with van der Waals surface area (Å²) < 4.78 is 26.2. The van der Waals surface area contributed by atoms with Gasteiger partial charge in [-0.15, -0.1) is 11.3 Å². The van der Waals surface area contributed by atoms with Gasteiger partial charge in [0.25, 0.3) is 11.8 Å². The van der Waals surface area contributed by atoms with Crippen LogP contribution in [0.1, 0.15) is 62.7 Å². The molecule has 49 heavy (non-hydrogen) atoms. The highest BCUT2D eigenvalue weighted by Crippen LogP contribution is 2.32. The SMILES string of the molecule is Cc1nc(C(=O)N[C@H]2CC[C@@H](NC(=O)c3cc(F)cnc3Oc3cccc(-c4ccc(CN(C)C)cc4CN4CCOCC4)c3)CC2)cs1. The van der Waals surface area contributed by atoms with Crippen molar-refractivity contribution < 1.29 is 23.5 Å². The molecule has 10 nitrogen and oxygen atoms in total. The van der Waals surface area contributed by atoms with Gasteiger partial charge in [0.2, 0.25) is 5.88 Å². The molecule has 2 aromatic heterocycles. The van der Waals surface area contributed by atoms with Crippen molar-refractivity contribution in [3.63, 3.8) is 0 Å². The van der Waals surface area contributed by atoms with Crippen LogP contribution < -0.4 is 15.4 Å². The van der Waals surface area contributed by atoms with E-state index in [1.807, 2.05) is 25.1 Å². The Balaban J connectivity index is 1.14. The topological polar surface area (TPSA) is 109 Å². The Morgan fingerprint density at radius 3 is 2.45 bits per heavy atom. The number of nitrogens with zero attached hydrogens (tertiary/aromatic N) is 4. The standard InChI is InChI=1S/C37H43FN6O4S/c1-24-40-34(23-49-24)36(46)42-30-10-8-29(9-11-30)41-35(45)33-19-28(38)20-39-37(33)48-31-6-4-5-26(18-31)32-12-7-25(21-43(2)3)17-27(32)22-44-13-15-47-16-14-44/h4-7,12,17-20,23,29-30H,8-11,13-16,21-22H2,1-3H3,(H,41,45)(H,42,46)/t29-,30+. The summed E-state index contributed by atoms with van der Waals surface area (Å²) in [6.07, 6.45) is 3.82. The highest BCUT2D eigenvalue weighted by atomic mass is 32.1. The molecule has 0 spiro atoms. The number of hydrogen-bond acceptors (Lipinski definition) is 9. The Morgan fingerprint density at radius 2 is 1.76 bits per heavy atom. The molecular formula is C37H43FN6O4S. The number of aryl methyl sites for hydroxylation is 1. The Bertz CT molecular complexity index is 1770. The van der Waals surface area contributed by atoms with Gasteiger partial charge in [-0.25, -0.2) is 14.4 Å². The number of carbonyl (C=O) groups is 2. The van der Waals surface area contributed by atoms with Crippen molar-refractivity contribution in [2.75, 3.05) is 40.4 Å². The van der Waals surface area contributed by atoms with Crippen molar-refractivity contribution in [2.45, 2.75) is 57.8 Å². The van der Waals surface area contributed by atoms with Crippen molar-refractivity contribution in [1.82, 2.24) is 30.4 Å². The molecule has 2 aromatic carbocycles. The minimum atomic E-state index is -0.625. The number of rotatable bonds is 11. The van der Waals surface area contributed by atoms with Gasteiger partial charge in [0.1, 0.15) is 22.8 Å². The number of thiazole rings is 1. The molecule has 0 unspecified atom stereocenters. The largest absolute Gasteiger partial charge is 0.438 e. The van der Waals surface area contributed by atoms with Crippen LogP contribution >= 0.6 is 11.3 Å². The van der Waals surface area contributed by atoms with E-state index in [1.54, 1.807) is 11.4 Å². The molecule has 1 saturated carbocycles. The molecule has 1 aliphatic heterocycles. The maximum Gasteiger partial charge on any atom is 0.270 e. The molecule has 2 aliphatic rings. The van der Waals surface area contributed by atoms with Crippen LogP contribution in [0.15, 0.2) is 60.1 Å². The second-order valence-corrected chi connectivity index (χ2v) is 14.1. The summed E-state index contributed by atoms with van der Waals surface area (Å²) in [5.41, 5.74) is 4.98. The van der Waals surface area contributed by atoms with E-state index < -0.39 is 11.7 Å². The van der Waals surface area contributed by atoms with Crippen LogP contribution in [0.5, 0.6) is 11.6 Å². The van der Waals surface area contributed by atoms with Crippen molar-refractivity contribution in [3.05, 3.63) is 93.3 Å². The van der Waals surface area contributed by atoms with Gasteiger partial charge in [-0.1, -0.05) is 30.3 Å². The van der Waals surface area contributed by atoms with Crippen molar-refractivity contribution in [2.24, 2.45) is 0 Å². The van der Waals surface area contributed by atoms with Gasteiger partial charge in [-0.2, -0.15) is 0 Å². The molecule has 4 aromatic rings. The van der Waals surface area contributed by atoms with Crippen LogP contribution in [0, 0.1) is 12.7 Å². The fourth-order valence-electron chi connectivity index (χ4n) is 6.40. The summed E-state index contributed by atoms with van der Waals surface area (Å²) in [5, 5.41) is 8.69. The summed E-state index contributed by atoms with van der Waals surface area (Å²) in [4.78, 5) is 39.0. The van der Waals surface area contributed by atoms with Gasteiger partial charge >= 0.3 is 0 Å². The number of halogens is 1.